The molecule has 1 aliphatic carbocycles. The summed E-state index contributed by atoms with van der Waals surface area (Å²) in [5.74, 6) is -2.62. The first-order valence-electron chi connectivity index (χ1n) is 13.2. The number of nitrogens with one attached hydrogen (secondary N) is 1. The molecule has 6 rings (SSSR count). The maximum absolute atomic E-state index is 13.6. The van der Waals surface area contributed by atoms with Crippen LogP contribution in [0.2, 0.25) is 0 Å². The Bertz CT molecular complexity index is 1440. The maximum atomic E-state index is 13.6. The fourth-order valence-electron chi connectivity index (χ4n) is 5.33. The fourth-order valence-corrected chi connectivity index (χ4v) is 7.24. The number of aliphatic hydroxyl groups is 1. The first-order chi connectivity index (χ1) is 18.7. The number of anilines is 2. The van der Waals surface area contributed by atoms with Crippen LogP contribution in [0.1, 0.15) is 38.5 Å². The molecule has 3 aromatic rings. The molecule has 14 heteroatoms. The number of aliphatic hydroxyl groups excluding tert-OH is 1. The molecule has 0 unspecified atom stereocenters. The van der Waals surface area contributed by atoms with E-state index in [4.69, 9.17) is 5.11 Å². The van der Waals surface area contributed by atoms with Gasteiger partial charge in [0.1, 0.15) is 11.4 Å². The fraction of sp³-hybridized carbons (Fsp3) is 0.560. The molecule has 3 aliphatic rings. The van der Waals surface area contributed by atoms with E-state index >= 15 is 0 Å². The van der Waals surface area contributed by atoms with Crippen molar-refractivity contribution in [2.45, 2.75) is 49.3 Å². The number of nitrogens with zero attached hydrogens (tertiary/aromatic N) is 6. The smallest absolute Gasteiger partial charge is 0.251 e. The van der Waals surface area contributed by atoms with E-state index in [0.29, 0.717) is 27.6 Å². The average Bonchev–Trinajstić information content (AvgIpc) is 3.30. The van der Waals surface area contributed by atoms with E-state index in [1.165, 1.54) is 30.2 Å². The third kappa shape index (κ3) is 5.52. The molecule has 39 heavy (non-hydrogen) atoms. The van der Waals surface area contributed by atoms with E-state index in [9.17, 15) is 17.2 Å². The van der Waals surface area contributed by atoms with Crippen LogP contribution in [0.3, 0.4) is 0 Å². The van der Waals surface area contributed by atoms with Gasteiger partial charge >= 0.3 is 0 Å². The van der Waals surface area contributed by atoms with Crippen molar-refractivity contribution in [3.05, 3.63) is 29.8 Å². The van der Waals surface area contributed by atoms with Crippen molar-refractivity contribution in [2.24, 2.45) is 5.41 Å². The Balaban J connectivity index is 1.28. The number of benzene rings is 1. The number of aromatic nitrogens is 4. The Hall–Kier alpha value is -2.68. The normalized spacial score (nSPS) is 20.5. The lowest BCUT2D eigenvalue weighted by atomic mass is 9.93. The van der Waals surface area contributed by atoms with Crippen molar-refractivity contribution >= 4 is 32.2 Å². The molecular formula is C25H31F2N7O3S2. The van der Waals surface area contributed by atoms with Gasteiger partial charge in [0, 0.05) is 50.9 Å². The molecule has 0 radical (unpaired) electrons. The molecule has 3 fully saturated rings. The highest BCUT2D eigenvalue weighted by Gasteiger charge is 2.44. The molecule has 1 saturated carbocycles. The summed E-state index contributed by atoms with van der Waals surface area (Å²) in [4.78, 5) is 8.84. The zero-order chi connectivity index (χ0) is 27.3. The average molecular weight is 580 g/mol. The second kappa shape index (κ2) is 10.1. The van der Waals surface area contributed by atoms with Crippen molar-refractivity contribution in [1.82, 2.24) is 24.7 Å². The van der Waals surface area contributed by atoms with Gasteiger partial charge in [0.2, 0.25) is 10.0 Å². The lowest BCUT2D eigenvalue weighted by molar-refractivity contribution is -0.0220. The van der Waals surface area contributed by atoms with Gasteiger partial charge in [-0.3, -0.25) is 0 Å². The van der Waals surface area contributed by atoms with E-state index in [-0.39, 0.29) is 44.0 Å². The summed E-state index contributed by atoms with van der Waals surface area (Å²) in [7, 11) is -3.79. The number of alkyl halides is 2. The molecule has 1 aromatic carbocycles. The number of piperidine rings is 2. The van der Waals surface area contributed by atoms with Crippen molar-refractivity contribution in [2.75, 3.05) is 49.1 Å². The zero-order valence-electron chi connectivity index (χ0n) is 21.4. The maximum Gasteiger partial charge on any atom is 0.251 e. The molecule has 0 amide bonds. The molecule has 2 aromatic heterocycles. The number of thiazole rings is 1. The summed E-state index contributed by atoms with van der Waals surface area (Å²) in [5, 5.41) is 20.3. The minimum Gasteiger partial charge on any atom is -0.395 e. The van der Waals surface area contributed by atoms with E-state index in [0.717, 1.165) is 31.6 Å². The standard InChI is InChI=1S/C25H31F2N7O3S2/c26-25(27)7-12-33(13-8-25)23-29-20(17-38-23)19-16-34(31-30-19)21-2-1-18(39(36,37)28-9-14-35)15-22(21)32-10-5-24(3-4-24)6-11-32/h1-2,15-17,28,35H,3-14H2. The van der Waals surface area contributed by atoms with Crippen molar-refractivity contribution < 1.29 is 22.3 Å². The molecule has 2 N–H and O–H groups in total. The quantitative estimate of drug-likeness (QED) is 0.418. The van der Waals surface area contributed by atoms with Gasteiger partial charge in [-0.1, -0.05) is 5.21 Å². The minimum absolute atomic E-state index is 0.0619. The van der Waals surface area contributed by atoms with Crippen LogP contribution in [0.4, 0.5) is 19.6 Å². The summed E-state index contributed by atoms with van der Waals surface area (Å²) >= 11 is 1.39. The van der Waals surface area contributed by atoms with E-state index in [2.05, 4.69) is 24.9 Å². The van der Waals surface area contributed by atoms with E-state index in [1.54, 1.807) is 23.0 Å². The summed E-state index contributed by atoms with van der Waals surface area (Å²) < 4.78 is 56.8. The highest BCUT2D eigenvalue weighted by atomic mass is 32.2. The zero-order valence-corrected chi connectivity index (χ0v) is 23.0. The first-order valence-corrected chi connectivity index (χ1v) is 15.5. The van der Waals surface area contributed by atoms with Crippen LogP contribution >= 0.6 is 11.3 Å². The minimum atomic E-state index is -3.79. The first kappa shape index (κ1) is 26.5. The summed E-state index contributed by atoms with van der Waals surface area (Å²) in [6, 6.07) is 4.91. The topological polar surface area (TPSA) is 116 Å². The predicted molar refractivity (Wildman–Crippen MR) is 144 cm³/mol. The van der Waals surface area contributed by atoms with Gasteiger partial charge in [-0.25, -0.2) is 31.6 Å². The molecule has 2 aliphatic heterocycles. The highest BCUT2D eigenvalue weighted by molar-refractivity contribution is 7.89. The lowest BCUT2D eigenvalue weighted by Crippen LogP contribution is -2.39. The van der Waals surface area contributed by atoms with Crippen molar-refractivity contribution in [1.29, 1.82) is 0 Å². The van der Waals surface area contributed by atoms with Crippen molar-refractivity contribution in [3.8, 4) is 17.1 Å². The molecule has 0 atom stereocenters. The summed E-state index contributed by atoms with van der Waals surface area (Å²) in [6.07, 6.45) is 6.05. The second-order valence-corrected chi connectivity index (χ2v) is 13.3. The van der Waals surface area contributed by atoms with Crippen LogP contribution < -0.4 is 14.5 Å². The Labute approximate surface area is 229 Å². The van der Waals surface area contributed by atoms with E-state index in [1.807, 2.05) is 10.3 Å². The molecule has 1 spiro atoms. The Morgan fingerprint density at radius 2 is 1.69 bits per heavy atom. The Morgan fingerprint density at radius 3 is 2.38 bits per heavy atom. The second-order valence-electron chi connectivity index (χ2n) is 10.7. The number of hydrogen-bond donors (Lipinski definition) is 2. The molecule has 2 saturated heterocycles. The van der Waals surface area contributed by atoms with Crippen LogP contribution in [0.25, 0.3) is 17.1 Å². The van der Waals surface area contributed by atoms with Gasteiger partial charge in [-0.15, -0.1) is 16.4 Å². The number of halogens is 2. The SMILES string of the molecule is O=S(=O)(NCCO)c1ccc(-n2cc(-c3csc(N4CCC(F)(F)CC4)n3)nn2)c(N2CCC3(CC2)CC3)c1. The molecular weight excluding hydrogens is 548 g/mol. The highest BCUT2D eigenvalue weighted by Crippen LogP contribution is 2.54. The van der Waals surface area contributed by atoms with Gasteiger partial charge in [-0.2, -0.15) is 0 Å². The Morgan fingerprint density at radius 1 is 0.974 bits per heavy atom. The lowest BCUT2D eigenvalue weighted by Gasteiger charge is -2.35. The largest absolute Gasteiger partial charge is 0.395 e. The number of sulfonamides is 1. The molecule has 4 heterocycles. The predicted octanol–water partition coefficient (Wildman–Crippen LogP) is 3.28. The van der Waals surface area contributed by atoms with Crippen molar-refractivity contribution in [3.63, 3.8) is 0 Å². The van der Waals surface area contributed by atoms with Gasteiger partial charge in [0.05, 0.1) is 29.1 Å². The summed E-state index contributed by atoms with van der Waals surface area (Å²) in [5.41, 5.74) is 3.07. The van der Waals surface area contributed by atoms with Crippen LogP contribution in [0.15, 0.2) is 34.7 Å². The van der Waals surface area contributed by atoms with E-state index < -0.39 is 15.9 Å². The molecule has 10 nitrogen and oxygen atoms in total. The van der Waals surface area contributed by atoms with Crippen LogP contribution in [0, 0.1) is 5.41 Å². The van der Waals surface area contributed by atoms with Gasteiger partial charge < -0.3 is 14.9 Å². The van der Waals surface area contributed by atoms with Crippen LogP contribution in [-0.2, 0) is 10.0 Å². The van der Waals surface area contributed by atoms with Crippen LogP contribution in [-0.4, -0.2) is 78.8 Å². The third-order valence-electron chi connectivity index (χ3n) is 8.04. The Kier molecular flexibility index (Phi) is 6.84. The molecule has 0 bridgehead atoms. The molecule has 210 valence electrons. The number of rotatable bonds is 8. The van der Waals surface area contributed by atoms with Crippen LogP contribution in [0.5, 0.6) is 0 Å². The van der Waals surface area contributed by atoms with Gasteiger partial charge in [-0.05, 0) is 49.3 Å². The number of hydrogen-bond acceptors (Lipinski definition) is 9. The summed E-state index contributed by atoms with van der Waals surface area (Å²) in [6.45, 7) is 1.82. The van der Waals surface area contributed by atoms with Gasteiger partial charge in [0.15, 0.2) is 5.13 Å². The monoisotopic (exact) mass is 579 g/mol. The van der Waals surface area contributed by atoms with Gasteiger partial charge in [0.25, 0.3) is 5.92 Å². The third-order valence-corrected chi connectivity index (χ3v) is 10.4.